The molecule has 0 spiro atoms. The van der Waals surface area contributed by atoms with Gasteiger partial charge in [-0.05, 0) is 18.1 Å². The third-order valence-electron chi connectivity index (χ3n) is 2.01. The minimum absolute atomic E-state index is 0. The first-order valence-corrected chi connectivity index (χ1v) is 4.41. The summed E-state index contributed by atoms with van der Waals surface area (Å²) in [6, 6.07) is 4.13. The SMILES string of the molecule is FC(F)(F)Oc1ccc2c(c1)O[CH-]CC2.[Rb+]. The molecule has 82 valence electrons. The zero-order valence-electron chi connectivity index (χ0n) is 8.67. The van der Waals surface area contributed by atoms with Crippen LogP contribution in [-0.4, -0.2) is 6.36 Å². The minimum atomic E-state index is -4.66. The first-order chi connectivity index (χ1) is 7.04. The van der Waals surface area contributed by atoms with Gasteiger partial charge in [0.1, 0.15) is 5.75 Å². The van der Waals surface area contributed by atoms with E-state index < -0.39 is 6.36 Å². The molecule has 0 saturated carbocycles. The van der Waals surface area contributed by atoms with E-state index in [-0.39, 0.29) is 63.9 Å². The Labute approximate surface area is 140 Å². The van der Waals surface area contributed by atoms with Crippen molar-refractivity contribution in [3.8, 4) is 11.5 Å². The summed E-state index contributed by atoms with van der Waals surface area (Å²) in [5.74, 6) is 0.180. The fourth-order valence-electron chi connectivity index (χ4n) is 1.41. The molecule has 0 atom stereocenters. The summed E-state index contributed by atoms with van der Waals surface area (Å²) >= 11 is 0. The predicted molar refractivity (Wildman–Crippen MR) is 46.4 cm³/mol. The van der Waals surface area contributed by atoms with E-state index in [1.165, 1.54) is 12.1 Å². The van der Waals surface area contributed by atoms with Crippen molar-refractivity contribution in [3.63, 3.8) is 0 Å². The normalized spacial score (nSPS) is 14.4. The van der Waals surface area contributed by atoms with Gasteiger partial charge in [0.15, 0.2) is 0 Å². The van der Waals surface area contributed by atoms with Gasteiger partial charge in [-0.3, -0.25) is 0 Å². The Bertz CT molecular complexity index is 366. The molecule has 0 aliphatic carbocycles. The fraction of sp³-hybridized carbons (Fsp3) is 0.300. The fourth-order valence-corrected chi connectivity index (χ4v) is 1.41. The van der Waals surface area contributed by atoms with E-state index in [2.05, 4.69) is 4.74 Å². The molecule has 0 radical (unpaired) electrons. The molecule has 1 aromatic rings. The van der Waals surface area contributed by atoms with Crippen LogP contribution in [0.2, 0.25) is 0 Å². The second kappa shape index (κ2) is 5.84. The number of hydrogen-bond donors (Lipinski definition) is 0. The maximum Gasteiger partial charge on any atom is 1.00 e. The van der Waals surface area contributed by atoms with Gasteiger partial charge in [-0.2, -0.15) is 6.61 Å². The van der Waals surface area contributed by atoms with Gasteiger partial charge in [0.2, 0.25) is 0 Å². The van der Waals surface area contributed by atoms with Gasteiger partial charge in [0.05, 0.1) is 5.75 Å². The van der Waals surface area contributed by atoms with Gasteiger partial charge in [0, 0.05) is 6.07 Å². The van der Waals surface area contributed by atoms with Gasteiger partial charge < -0.3 is 9.47 Å². The minimum Gasteiger partial charge on any atom is -0.662 e. The molecular formula is C10H8F3O2Rb. The van der Waals surface area contributed by atoms with Crippen LogP contribution in [0.25, 0.3) is 0 Å². The largest absolute Gasteiger partial charge is 1.00 e. The third-order valence-corrected chi connectivity index (χ3v) is 2.01. The van der Waals surface area contributed by atoms with Crippen molar-refractivity contribution in [1.82, 2.24) is 0 Å². The molecule has 0 fully saturated rings. The summed E-state index contributed by atoms with van der Waals surface area (Å²) < 4.78 is 44.6. The van der Waals surface area contributed by atoms with Crippen LogP contribution < -0.4 is 67.7 Å². The van der Waals surface area contributed by atoms with Gasteiger partial charge in [-0.25, -0.2) is 0 Å². The van der Waals surface area contributed by atoms with Crippen molar-refractivity contribution >= 4 is 0 Å². The topological polar surface area (TPSA) is 18.5 Å². The maximum atomic E-state index is 11.9. The van der Waals surface area contributed by atoms with Gasteiger partial charge in [0.25, 0.3) is 0 Å². The molecule has 0 saturated heterocycles. The molecule has 2 nitrogen and oxygen atoms in total. The molecule has 1 heterocycles. The quantitative estimate of drug-likeness (QED) is 0.684. The number of alkyl halides is 3. The Hall–Kier alpha value is 0.415. The number of benzene rings is 1. The Morgan fingerprint density at radius 1 is 1.31 bits per heavy atom. The Kier molecular flexibility index (Phi) is 5.29. The maximum absolute atomic E-state index is 11.9. The number of aryl methyl sites for hydroxylation is 1. The summed E-state index contributed by atoms with van der Waals surface area (Å²) in [5, 5.41) is 0. The Morgan fingerprint density at radius 2 is 2.06 bits per heavy atom. The molecule has 6 heteroatoms. The molecule has 0 unspecified atom stereocenters. The molecule has 0 amide bonds. The molecule has 2 rings (SSSR count). The van der Waals surface area contributed by atoms with Gasteiger partial charge >= 0.3 is 64.5 Å². The molecule has 16 heavy (non-hydrogen) atoms. The standard InChI is InChI=1S/C10H8F3O2.Rb/c11-10(12,13)15-8-4-3-7-2-1-5-14-9(7)6-8;/h3-6H,1-2H2;/q-1;+1. The zero-order valence-corrected chi connectivity index (χ0v) is 13.6. The summed E-state index contributed by atoms with van der Waals surface area (Å²) in [5.41, 5.74) is 0.895. The summed E-state index contributed by atoms with van der Waals surface area (Å²) in [7, 11) is 0. The van der Waals surface area contributed by atoms with Crippen LogP contribution in [-0.2, 0) is 6.42 Å². The Morgan fingerprint density at radius 3 is 2.75 bits per heavy atom. The van der Waals surface area contributed by atoms with Crippen LogP contribution in [0.1, 0.15) is 12.0 Å². The van der Waals surface area contributed by atoms with Crippen molar-refractivity contribution < 1.29 is 80.8 Å². The average Bonchev–Trinajstić information content (AvgIpc) is 2.15. The van der Waals surface area contributed by atoms with Crippen LogP contribution in [0.5, 0.6) is 11.5 Å². The van der Waals surface area contributed by atoms with Crippen molar-refractivity contribution in [1.29, 1.82) is 0 Å². The number of rotatable bonds is 1. The summed E-state index contributed by atoms with van der Waals surface area (Å²) in [6.45, 7) is 1.57. The second-order valence-electron chi connectivity index (χ2n) is 3.14. The first-order valence-electron chi connectivity index (χ1n) is 4.41. The van der Waals surface area contributed by atoms with E-state index >= 15 is 0 Å². The number of hydrogen-bond acceptors (Lipinski definition) is 2. The molecule has 1 aliphatic rings. The smallest absolute Gasteiger partial charge is 0.662 e. The molecule has 0 aromatic heterocycles. The molecule has 0 bridgehead atoms. The van der Waals surface area contributed by atoms with E-state index in [0.29, 0.717) is 5.75 Å². The number of fused-ring (bicyclic) bond motifs is 1. The third kappa shape index (κ3) is 4.02. The molecule has 1 aliphatic heterocycles. The van der Waals surface area contributed by atoms with Crippen LogP contribution >= 0.6 is 0 Å². The van der Waals surface area contributed by atoms with Gasteiger partial charge in [-0.15, -0.1) is 19.6 Å². The predicted octanol–water partition coefficient (Wildman–Crippen LogP) is 0.0760. The average molecular weight is 303 g/mol. The second-order valence-corrected chi connectivity index (χ2v) is 3.14. The van der Waals surface area contributed by atoms with Crippen molar-refractivity contribution in [2.45, 2.75) is 19.2 Å². The van der Waals surface area contributed by atoms with Crippen molar-refractivity contribution in [2.75, 3.05) is 0 Å². The summed E-state index contributed by atoms with van der Waals surface area (Å²) in [6.07, 6.45) is -3.11. The first kappa shape index (κ1) is 14.5. The number of halogens is 3. The zero-order chi connectivity index (χ0) is 10.9. The van der Waals surface area contributed by atoms with Crippen LogP contribution in [0.15, 0.2) is 18.2 Å². The van der Waals surface area contributed by atoms with E-state index in [9.17, 15) is 13.2 Å². The van der Waals surface area contributed by atoms with Crippen molar-refractivity contribution in [3.05, 3.63) is 30.4 Å². The molecule has 0 N–H and O–H groups in total. The van der Waals surface area contributed by atoms with Crippen LogP contribution in [0.4, 0.5) is 13.2 Å². The van der Waals surface area contributed by atoms with E-state index in [1.807, 2.05) is 0 Å². The molecular weight excluding hydrogens is 295 g/mol. The molecule has 1 aromatic carbocycles. The number of ether oxygens (including phenoxy) is 2. The van der Waals surface area contributed by atoms with Crippen LogP contribution in [0, 0.1) is 6.61 Å². The van der Waals surface area contributed by atoms with Gasteiger partial charge in [-0.1, -0.05) is 6.07 Å². The van der Waals surface area contributed by atoms with E-state index in [0.717, 1.165) is 18.4 Å². The van der Waals surface area contributed by atoms with E-state index in [1.54, 1.807) is 12.7 Å². The Balaban J connectivity index is 0.00000128. The van der Waals surface area contributed by atoms with Crippen molar-refractivity contribution in [2.24, 2.45) is 0 Å². The van der Waals surface area contributed by atoms with E-state index in [4.69, 9.17) is 4.74 Å². The van der Waals surface area contributed by atoms with Crippen LogP contribution in [0.3, 0.4) is 0 Å². The summed E-state index contributed by atoms with van der Waals surface area (Å²) in [4.78, 5) is 0. The monoisotopic (exact) mass is 302 g/mol.